The molecule has 2 aromatic carbocycles. The molecule has 35 heavy (non-hydrogen) atoms. The first kappa shape index (κ1) is 25.9. The van der Waals surface area contributed by atoms with Crippen molar-refractivity contribution in [2.24, 2.45) is 10.2 Å². The SMILES string of the molecule is CC(C)(C)NCC(O)c1cc(CO)c(O)c(/N=N/c2ccc(C(=O)ON3C(=O)CCC3=O)cc2)c1. The van der Waals surface area contributed by atoms with Crippen LogP contribution in [-0.2, 0) is 21.0 Å². The summed E-state index contributed by atoms with van der Waals surface area (Å²) in [5.74, 6) is -2.28. The molecule has 1 heterocycles. The largest absolute Gasteiger partial charge is 0.505 e. The number of azo groups is 1. The number of aromatic hydroxyl groups is 1. The van der Waals surface area contributed by atoms with Gasteiger partial charge in [0.2, 0.25) is 0 Å². The van der Waals surface area contributed by atoms with E-state index in [4.69, 9.17) is 4.84 Å². The molecule has 1 aliphatic heterocycles. The molecule has 0 aliphatic carbocycles. The fraction of sp³-hybridized carbons (Fsp3) is 0.375. The normalized spacial score (nSPS) is 15.2. The number of hydrogen-bond donors (Lipinski definition) is 4. The number of hydrogen-bond acceptors (Lipinski definition) is 10. The van der Waals surface area contributed by atoms with E-state index in [0.29, 0.717) is 16.3 Å². The summed E-state index contributed by atoms with van der Waals surface area (Å²) in [6, 6.07) is 8.67. The highest BCUT2D eigenvalue weighted by Gasteiger charge is 2.33. The lowest BCUT2D eigenvalue weighted by Crippen LogP contribution is -2.38. The van der Waals surface area contributed by atoms with Crippen molar-refractivity contribution in [1.29, 1.82) is 0 Å². The molecule has 11 nitrogen and oxygen atoms in total. The Labute approximate surface area is 202 Å². The van der Waals surface area contributed by atoms with Gasteiger partial charge in [0.1, 0.15) is 11.4 Å². The lowest BCUT2D eigenvalue weighted by Gasteiger charge is -2.23. The predicted octanol–water partition coefficient (Wildman–Crippen LogP) is 2.94. The van der Waals surface area contributed by atoms with Crippen LogP contribution in [0.15, 0.2) is 46.6 Å². The third kappa shape index (κ3) is 6.69. The van der Waals surface area contributed by atoms with E-state index in [1.807, 2.05) is 20.8 Å². The molecule has 186 valence electrons. The fourth-order valence-electron chi connectivity index (χ4n) is 3.18. The highest BCUT2D eigenvalue weighted by molar-refractivity contribution is 6.02. The van der Waals surface area contributed by atoms with Gasteiger partial charge >= 0.3 is 5.97 Å². The molecular formula is C24H28N4O7. The summed E-state index contributed by atoms with van der Waals surface area (Å²) in [6.45, 7) is 5.69. The average Bonchev–Trinajstić information content (AvgIpc) is 3.13. The van der Waals surface area contributed by atoms with Crippen LogP contribution in [0.25, 0.3) is 0 Å². The molecule has 0 spiro atoms. The van der Waals surface area contributed by atoms with Crippen molar-refractivity contribution in [2.75, 3.05) is 6.54 Å². The zero-order chi connectivity index (χ0) is 25.8. The van der Waals surface area contributed by atoms with Gasteiger partial charge in [0.25, 0.3) is 11.8 Å². The number of aliphatic hydroxyl groups is 2. The van der Waals surface area contributed by atoms with Crippen molar-refractivity contribution in [1.82, 2.24) is 10.4 Å². The van der Waals surface area contributed by atoms with Gasteiger partial charge in [0.15, 0.2) is 0 Å². The minimum atomic E-state index is -0.909. The van der Waals surface area contributed by atoms with E-state index in [2.05, 4.69) is 15.5 Å². The van der Waals surface area contributed by atoms with Crippen LogP contribution >= 0.6 is 0 Å². The molecule has 0 aromatic heterocycles. The number of β-amino-alcohol motifs (C(OH)–C–C–N with tert-alkyl or cyclic N) is 1. The smallest absolute Gasteiger partial charge is 0.363 e. The van der Waals surface area contributed by atoms with E-state index in [1.54, 1.807) is 0 Å². The van der Waals surface area contributed by atoms with Gasteiger partial charge in [-0.2, -0.15) is 5.11 Å². The van der Waals surface area contributed by atoms with Gasteiger partial charge in [-0.1, -0.05) is 0 Å². The molecule has 1 aliphatic rings. The molecule has 1 saturated heterocycles. The molecule has 1 fully saturated rings. The van der Waals surface area contributed by atoms with Crippen molar-refractivity contribution in [3.63, 3.8) is 0 Å². The van der Waals surface area contributed by atoms with E-state index in [9.17, 15) is 29.7 Å². The Hall–Kier alpha value is -3.67. The summed E-state index contributed by atoms with van der Waals surface area (Å²) in [5, 5.41) is 42.2. The number of carbonyl (C=O) groups excluding carboxylic acids is 3. The number of phenols is 1. The number of amides is 2. The van der Waals surface area contributed by atoms with E-state index >= 15 is 0 Å². The minimum Gasteiger partial charge on any atom is -0.505 e. The second-order valence-corrected chi connectivity index (χ2v) is 9.06. The third-order valence-electron chi connectivity index (χ3n) is 5.13. The Balaban J connectivity index is 1.74. The quantitative estimate of drug-likeness (QED) is 0.328. The maximum Gasteiger partial charge on any atom is 0.363 e. The Bertz CT molecular complexity index is 1120. The lowest BCUT2D eigenvalue weighted by atomic mass is 10.0. The number of imide groups is 1. The van der Waals surface area contributed by atoms with Crippen molar-refractivity contribution in [3.05, 3.63) is 53.1 Å². The predicted molar refractivity (Wildman–Crippen MR) is 124 cm³/mol. The number of carbonyl (C=O) groups is 3. The van der Waals surface area contributed by atoms with E-state index in [1.165, 1.54) is 36.4 Å². The average molecular weight is 485 g/mol. The summed E-state index contributed by atoms with van der Waals surface area (Å²) in [5.41, 5.74) is 0.907. The Morgan fingerprint density at radius 2 is 1.74 bits per heavy atom. The van der Waals surface area contributed by atoms with Crippen molar-refractivity contribution >= 4 is 29.2 Å². The molecule has 1 atom stereocenters. The minimum absolute atomic E-state index is 0.00159. The molecule has 11 heteroatoms. The van der Waals surface area contributed by atoms with Crippen LogP contribution in [0, 0.1) is 0 Å². The topological polar surface area (TPSA) is 161 Å². The zero-order valence-corrected chi connectivity index (χ0v) is 19.7. The lowest BCUT2D eigenvalue weighted by molar-refractivity contribution is -0.172. The standard InChI is InChI=1S/C24H28N4O7/c1-24(2,3)25-12-19(30)15-10-16(13-29)22(33)18(11-15)27-26-17-6-4-14(5-7-17)23(34)35-28-20(31)8-9-21(28)32/h4-7,10-11,19,25,29-30,33H,8-9,12-13H2,1-3H3/b27-26+. The summed E-state index contributed by atoms with van der Waals surface area (Å²) in [6.07, 6.45) is -0.905. The van der Waals surface area contributed by atoms with Gasteiger partial charge in [-0.05, 0) is 62.7 Å². The number of benzene rings is 2. The van der Waals surface area contributed by atoms with Crippen LogP contribution in [0.3, 0.4) is 0 Å². The zero-order valence-electron chi connectivity index (χ0n) is 19.7. The van der Waals surface area contributed by atoms with Crippen molar-refractivity contribution < 1.29 is 34.5 Å². The van der Waals surface area contributed by atoms with Gasteiger partial charge in [-0.15, -0.1) is 10.2 Å². The molecular weight excluding hydrogens is 456 g/mol. The molecule has 2 amide bonds. The number of rotatable bonds is 8. The first-order valence-electron chi connectivity index (χ1n) is 11.0. The van der Waals surface area contributed by atoms with Crippen LogP contribution < -0.4 is 5.32 Å². The van der Waals surface area contributed by atoms with Crippen molar-refractivity contribution in [3.8, 4) is 5.75 Å². The molecule has 4 N–H and O–H groups in total. The van der Waals surface area contributed by atoms with E-state index in [0.717, 1.165) is 0 Å². The number of nitrogens with zero attached hydrogens (tertiary/aromatic N) is 3. The molecule has 2 aromatic rings. The summed E-state index contributed by atoms with van der Waals surface area (Å²) >= 11 is 0. The van der Waals surface area contributed by atoms with Crippen LogP contribution in [0.1, 0.15) is 61.2 Å². The molecule has 3 rings (SSSR count). The molecule has 0 bridgehead atoms. The van der Waals surface area contributed by atoms with E-state index < -0.39 is 30.5 Å². The Kier molecular flexibility index (Phi) is 7.95. The monoisotopic (exact) mass is 484 g/mol. The highest BCUT2D eigenvalue weighted by Crippen LogP contribution is 2.35. The fourth-order valence-corrected chi connectivity index (χ4v) is 3.18. The molecule has 1 unspecified atom stereocenters. The Morgan fingerprint density at radius 3 is 2.31 bits per heavy atom. The van der Waals surface area contributed by atoms with Gasteiger partial charge < -0.3 is 25.5 Å². The second-order valence-electron chi connectivity index (χ2n) is 9.06. The number of hydroxylamine groups is 2. The Morgan fingerprint density at radius 1 is 1.11 bits per heavy atom. The molecule has 0 saturated carbocycles. The van der Waals surface area contributed by atoms with E-state index in [-0.39, 0.29) is 47.5 Å². The first-order valence-corrected chi connectivity index (χ1v) is 11.0. The molecule has 0 radical (unpaired) electrons. The van der Waals surface area contributed by atoms with Gasteiger partial charge in [0, 0.05) is 30.5 Å². The van der Waals surface area contributed by atoms with Gasteiger partial charge in [-0.3, -0.25) is 9.59 Å². The second kappa shape index (κ2) is 10.7. The number of aliphatic hydroxyl groups excluding tert-OH is 2. The first-order chi connectivity index (χ1) is 16.5. The van der Waals surface area contributed by atoms with Crippen LogP contribution in [0.4, 0.5) is 11.4 Å². The van der Waals surface area contributed by atoms with Gasteiger partial charge in [0.05, 0.1) is 24.0 Å². The van der Waals surface area contributed by atoms with Crippen LogP contribution in [0.2, 0.25) is 0 Å². The van der Waals surface area contributed by atoms with Crippen LogP contribution in [0.5, 0.6) is 5.75 Å². The summed E-state index contributed by atoms with van der Waals surface area (Å²) in [4.78, 5) is 40.3. The summed E-state index contributed by atoms with van der Waals surface area (Å²) < 4.78 is 0. The number of nitrogens with one attached hydrogen (secondary N) is 1. The maximum atomic E-state index is 12.2. The van der Waals surface area contributed by atoms with Crippen molar-refractivity contribution in [2.45, 2.75) is 51.9 Å². The van der Waals surface area contributed by atoms with Gasteiger partial charge in [-0.25, -0.2) is 4.79 Å². The summed E-state index contributed by atoms with van der Waals surface area (Å²) in [7, 11) is 0. The van der Waals surface area contributed by atoms with Crippen LogP contribution in [-0.4, -0.2) is 50.3 Å². The maximum absolute atomic E-state index is 12.2. The third-order valence-corrected chi connectivity index (χ3v) is 5.13. The highest BCUT2D eigenvalue weighted by atomic mass is 16.7.